The van der Waals surface area contributed by atoms with E-state index < -0.39 is 0 Å². The van der Waals surface area contributed by atoms with Crippen LogP contribution in [0.25, 0.3) is 0 Å². The Balaban J connectivity index is 2.64. The second-order valence-electron chi connectivity index (χ2n) is 3.57. The van der Waals surface area contributed by atoms with Gasteiger partial charge in [-0.25, -0.2) is 0 Å². The second kappa shape index (κ2) is 4.30. The van der Waals surface area contributed by atoms with E-state index in [-0.39, 0.29) is 0 Å². The normalized spacial score (nSPS) is 29.4. The van der Waals surface area contributed by atoms with E-state index in [1.54, 1.807) is 0 Å². The van der Waals surface area contributed by atoms with Crippen LogP contribution < -0.4 is 0 Å². The van der Waals surface area contributed by atoms with Gasteiger partial charge in [0.05, 0.1) is 0 Å². The monoisotopic (exact) mass is 162 g/mol. The highest BCUT2D eigenvalue weighted by Crippen LogP contribution is 2.22. The van der Waals surface area contributed by atoms with Gasteiger partial charge in [0, 0.05) is 5.92 Å². The predicted molar refractivity (Wildman–Crippen MR) is 55.0 cm³/mol. The Morgan fingerprint density at radius 2 is 2.00 bits per heavy atom. The highest BCUT2D eigenvalue weighted by molar-refractivity contribution is 5.19. The van der Waals surface area contributed by atoms with Crippen LogP contribution in [0.5, 0.6) is 0 Å². The van der Waals surface area contributed by atoms with E-state index in [2.05, 4.69) is 51.2 Å². The van der Waals surface area contributed by atoms with Gasteiger partial charge in [-0.1, -0.05) is 49.8 Å². The van der Waals surface area contributed by atoms with E-state index in [0.717, 1.165) is 0 Å². The van der Waals surface area contributed by atoms with Gasteiger partial charge in [0.1, 0.15) is 0 Å². The van der Waals surface area contributed by atoms with Gasteiger partial charge in [0.15, 0.2) is 0 Å². The molecule has 2 unspecified atom stereocenters. The maximum atomic E-state index is 2.38. The molecule has 1 aliphatic carbocycles. The maximum absolute atomic E-state index is 2.38. The Kier molecular flexibility index (Phi) is 3.33. The summed E-state index contributed by atoms with van der Waals surface area (Å²) in [7, 11) is 0. The van der Waals surface area contributed by atoms with Crippen molar-refractivity contribution in [3.8, 4) is 0 Å². The number of hydrogen-bond donors (Lipinski definition) is 0. The molecule has 0 saturated carbocycles. The molecular formula is C12H18. The summed E-state index contributed by atoms with van der Waals surface area (Å²) in [4.78, 5) is 0. The molecule has 0 aromatic heterocycles. The van der Waals surface area contributed by atoms with Crippen LogP contribution >= 0.6 is 0 Å². The van der Waals surface area contributed by atoms with Crippen LogP contribution in [0.3, 0.4) is 0 Å². The average molecular weight is 162 g/mol. The van der Waals surface area contributed by atoms with Crippen molar-refractivity contribution in [2.45, 2.75) is 27.2 Å². The third kappa shape index (κ3) is 2.37. The summed E-state index contributed by atoms with van der Waals surface area (Å²) in [6.07, 6.45) is 12.4. The molecule has 0 aromatic carbocycles. The van der Waals surface area contributed by atoms with E-state index in [1.807, 2.05) is 0 Å². The molecule has 66 valence electrons. The van der Waals surface area contributed by atoms with Crippen molar-refractivity contribution in [1.82, 2.24) is 0 Å². The highest BCUT2D eigenvalue weighted by Gasteiger charge is 2.10. The van der Waals surface area contributed by atoms with Gasteiger partial charge >= 0.3 is 0 Å². The molecule has 0 radical (unpaired) electrons. The van der Waals surface area contributed by atoms with Gasteiger partial charge < -0.3 is 0 Å². The second-order valence-corrected chi connectivity index (χ2v) is 3.57. The molecule has 0 heteroatoms. The summed E-state index contributed by atoms with van der Waals surface area (Å²) in [5.41, 5.74) is 1.49. The fraction of sp³-hybridized carbons (Fsp3) is 0.500. The highest BCUT2D eigenvalue weighted by atomic mass is 14.1. The van der Waals surface area contributed by atoms with E-state index >= 15 is 0 Å². The summed E-state index contributed by atoms with van der Waals surface area (Å²) >= 11 is 0. The fourth-order valence-electron chi connectivity index (χ4n) is 1.39. The summed E-state index contributed by atoms with van der Waals surface area (Å²) < 4.78 is 0. The minimum absolute atomic E-state index is 0.620. The minimum Gasteiger partial charge on any atom is -0.0808 e. The Bertz CT molecular complexity index is 218. The standard InChI is InChI=1S/C12H18/c1-4-10(2)9-12-8-6-5-7-11(12)3/h5-9,11-12H,4H2,1-3H3/b10-9+. The van der Waals surface area contributed by atoms with Crippen molar-refractivity contribution in [2.75, 3.05) is 0 Å². The van der Waals surface area contributed by atoms with Crippen LogP contribution in [0.4, 0.5) is 0 Å². The Morgan fingerprint density at radius 1 is 1.33 bits per heavy atom. The van der Waals surface area contributed by atoms with Gasteiger partial charge in [-0.05, 0) is 19.3 Å². The quantitative estimate of drug-likeness (QED) is 0.543. The summed E-state index contributed by atoms with van der Waals surface area (Å²) in [6.45, 7) is 6.68. The van der Waals surface area contributed by atoms with E-state index in [0.29, 0.717) is 11.8 Å². The molecule has 1 rings (SSSR count). The first-order valence-electron chi connectivity index (χ1n) is 4.76. The lowest BCUT2D eigenvalue weighted by Gasteiger charge is -2.17. The Hall–Kier alpha value is -0.780. The van der Waals surface area contributed by atoms with Crippen molar-refractivity contribution in [2.24, 2.45) is 11.8 Å². The zero-order valence-electron chi connectivity index (χ0n) is 8.25. The molecule has 2 atom stereocenters. The predicted octanol–water partition coefficient (Wildman–Crippen LogP) is 3.72. The Morgan fingerprint density at radius 3 is 2.58 bits per heavy atom. The van der Waals surface area contributed by atoms with Gasteiger partial charge in [-0.3, -0.25) is 0 Å². The smallest absolute Gasteiger partial charge is 0.00125 e. The number of hydrogen-bond acceptors (Lipinski definition) is 0. The summed E-state index contributed by atoms with van der Waals surface area (Å²) in [5, 5.41) is 0. The number of rotatable bonds is 2. The first-order valence-corrected chi connectivity index (χ1v) is 4.76. The van der Waals surface area contributed by atoms with E-state index in [1.165, 1.54) is 12.0 Å². The molecule has 0 bridgehead atoms. The van der Waals surface area contributed by atoms with Crippen molar-refractivity contribution in [1.29, 1.82) is 0 Å². The molecule has 0 saturated heterocycles. The third-order valence-electron chi connectivity index (χ3n) is 2.50. The zero-order chi connectivity index (χ0) is 8.97. The molecule has 0 spiro atoms. The summed E-state index contributed by atoms with van der Waals surface area (Å²) in [6, 6.07) is 0. The molecule has 0 aliphatic heterocycles. The van der Waals surface area contributed by atoms with Gasteiger partial charge in [0.25, 0.3) is 0 Å². The molecule has 0 heterocycles. The maximum Gasteiger partial charge on any atom is 0.00125 e. The van der Waals surface area contributed by atoms with Crippen LogP contribution in [0.15, 0.2) is 36.0 Å². The van der Waals surface area contributed by atoms with Crippen LogP contribution in [-0.2, 0) is 0 Å². The van der Waals surface area contributed by atoms with Crippen molar-refractivity contribution in [3.63, 3.8) is 0 Å². The topological polar surface area (TPSA) is 0 Å². The van der Waals surface area contributed by atoms with Crippen LogP contribution in [0.2, 0.25) is 0 Å². The average Bonchev–Trinajstić information content (AvgIpc) is 2.09. The largest absolute Gasteiger partial charge is 0.0808 e. The Labute approximate surface area is 75.7 Å². The van der Waals surface area contributed by atoms with Gasteiger partial charge in [-0.2, -0.15) is 0 Å². The molecule has 0 aromatic rings. The molecule has 1 aliphatic rings. The van der Waals surface area contributed by atoms with Crippen LogP contribution in [0, 0.1) is 11.8 Å². The summed E-state index contributed by atoms with van der Waals surface area (Å²) in [5.74, 6) is 1.28. The van der Waals surface area contributed by atoms with Crippen molar-refractivity contribution >= 4 is 0 Å². The molecule has 0 N–H and O–H groups in total. The fourth-order valence-corrected chi connectivity index (χ4v) is 1.39. The van der Waals surface area contributed by atoms with Crippen molar-refractivity contribution in [3.05, 3.63) is 36.0 Å². The minimum atomic E-state index is 0.620. The molecule has 12 heavy (non-hydrogen) atoms. The molecule has 0 amide bonds. The third-order valence-corrected chi connectivity index (χ3v) is 2.50. The van der Waals surface area contributed by atoms with Crippen LogP contribution in [0.1, 0.15) is 27.2 Å². The van der Waals surface area contributed by atoms with Crippen LogP contribution in [-0.4, -0.2) is 0 Å². The van der Waals surface area contributed by atoms with E-state index in [4.69, 9.17) is 0 Å². The van der Waals surface area contributed by atoms with Gasteiger partial charge in [0.2, 0.25) is 0 Å². The SMILES string of the molecule is CC/C(C)=C/C1C=CC=CC1C. The number of allylic oxidation sites excluding steroid dienone is 6. The lowest BCUT2D eigenvalue weighted by molar-refractivity contribution is 0.600. The zero-order valence-corrected chi connectivity index (χ0v) is 8.25. The molecule has 0 nitrogen and oxygen atoms in total. The van der Waals surface area contributed by atoms with E-state index in [9.17, 15) is 0 Å². The lowest BCUT2D eigenvalue weighted by atomic mass is 9.88. The lowest BCUT2D eigenvalue weighted by Crippen LogP contribution is -2.06. The van der Waals surface area contributed by atoms with Gasteiger partial charge in [-0.15, -0.1) is 0 Å². The first kappa shape index (κ1) is 9.31. The van der Waals surface area contributed by atoms with Crippen molar-refractivity contribution < 1.29 is 0 Å². The first-order chi connectivity index (χ1) is 5.74. The molecule has 0 fully saturated rings. The molecular weight excluding hydrogens is 144 g/mol.